The van der Waals surface area contributed by atoms with Crippen LogP contribution in [0.15, 0.2) is 0 Å². The fourth-order valence-electron chi connectivity index (χ4n) is 1.05. The highest BCUT2D eigenvalue weighted by Crippen LogP contribution is 2.03. The smallest absolute Gasteiger partial charge is 0.00981 e. The normalized spacial score (nSPS) is 12.4. The van der Waals surface area contributed by atoms with Gasteiger partial charge >= 0.3 is 0 Å². The Morgan fingerprint density at radius 3 is 2.92 bits per heavy atom. The van der Waals surface area contributed by atoms with Gasteiger partial charge in [-0.2, -0.15) is 11.8 Å². The molecular formula is C11H21NS. The van der Waals surface area contributed by atoms with Crippen molar-refractivity contribution in [2.45, 2.75) is 39.2 Å². The van der Waals surface area contributed by atoms with Crippen LogP contribution in [0.2, 0.25) is 0 Å². The summed E-state index contributed by atoms with van der Waals surface area (Å²) in [6, 6.07) is 0.636. The minimum Gasteiger partial charge on any atom is -0.314 e. The molecule has 0 heterocycles. The van der Waals surface area contributed by atoms with E-state index in [0.717, 1.165) is 19.4 Å². The predicted molar refractivity (Wildman–Crippen MR) is 63.1 cm³/mol. The Balaban J connectivity index is 3.11. The van der Waals surface area contributed by atoms with E-state index in [9.17, 15) is 0 Å². The van der Waals surface area contributed by atoms with Crippen LogP contribution in [0.25, 0.3) is 0 Å². The van der Waals surface area contributed by atoms with Crippen LogP contribution < -0.4 is 5.32 Å². The molecule has 76 valence electrons. The molecule has 1 unspecified atom stereocenters. The Morgan fingerprint density at radius 1 is 1.54 bits per heavy atom. The van der Waals surface area contributed by atoms with Crippen molar-refractivity contribution < 1.29 is 0 Å². The highest BCUT2D eigenvalue weighted by molar-refractivity contribution is 7.99. The maximum atomic E-state index is 5.16. The summed E-state index contributed by atoms with van der Waals surface area (Å²) in [7, 11) is 0. The third-order valence-corrected chi connectivity index (χ3v) is 2.82. The number of unbranched alkanes of at least 4 members (excludes halogenated alkanes) is 1. The van der Waals surface area contributed by atoms with E-state index in [2.05, 4.69) is 25.1 Å². The van der Waals surface area contributed by atoms with Crippen LogP contribution in [0.4, 0.5) is 0 Å². The molecule has 0 saturated heterocycles. The molecule has 0 radical (unpaired) electrons. The fraction of sp³-hybridized carbons (Fsp3) is 0.818. The van der Waals surface area contributed by atoms with Crippen molar-refractivity contribution in [2.75, 3.05) is 18.1 Å². The van der Waals surface area contributed by atoms with Crippen LogP contribution in [-0.2, 0) is 0 Å². The van der Waals surface area contributed by atoms with Gasteiger partial charge in [-0.15, -0.1) is 12.3 Å². The first-order valence-electron chi connectivity index (χ1n) is 5.05. The van der Waals surface area contributed by atoms with Gasteiger partial charge in [0, 0.05) is 12.5 Å². The second kappa shape index (κ2) is 9.95. The van der Waals surface area contributed by atoms with Gasteiger partial charge in [0.1, 0.15) is 0 Å². The standard InChI is InChI=1S/C11H21NS/c1-4-6-7-9-12-11(3)8-10-13-5-2/h1,11-12H,5-10H2,2-3H3. The lowest BCUT2D eigenvalue weighted by atomic mass is 10.2. The molecule has 1 nitrogen and oxygen atoms in total. The van der Waals surface area contributed by atoms with Gasteiger partial charge in [-0.25, -0.2) is 0 Å². The van der Waals surface area contributed by atoms with Crippen LogP contribution in [0.1, 0.15) is 33.1 Å². The van der Waals surface area contributed by atoms with Gasteiger partial charge in [-0.05, 0) is 37.8 Å². The van der Waals surface area contributed by atoms with Gasteiger partial charge in [0.15, 0.2) is 0 Å². The maximum Gasteiger partial charge on any atom is 0.00981 e. The number of hydrogen-bond donors (Lipinski definition) is 1. The monoisotopic (exact) mass is 199 g/mol. The molecule has 0 aliphatic heterocycles. The van der Waals surface area contributed by atoms with Gasteiger partial charge in [0.25, 0.3) is 0 Å². The first kappa shape index (κ1) is 12.9. The average molecular weight is 199 g/mol. The molecule has 0 aromatic carbocycles. The Labute approximate surface area is 87.1 Å². The molecule has 0 amide bonds. The molecule has 1 N–H and O–H groups in total. The number of thioether (sulfide) groups is 1. The lowest BCUT2D eigenvalue weighted by molar-refractivity contribution is 0.530. The van der Waals surface area contributed by atoms with E-state index >= 15 is 0 Å². The van der Waals surface area contributed by atoms with Crippen molar-refractivity contribution in [2.24, 2.45) is 0 Å². The van der Waals surface area contributed by atoms with E-state index < -0.39 is 0 Å². The number of nitrogens with one attached hydrogen (secondary N) is 1. The first-order valence-corrected chi connectivity index (χ1v) is 6.21. The lowest BCUT2D eigenvalue weighted by Crippen LogP contribution is -2.27. The molecule has 13 heavy (non-hydrogen) atoms. The molecule has 0 rings (SSSR count). The largest absolute Gasteiger partial charge is 0.314 e. The molecule has 0 aromatic heterocycles. The third kappa shape index (κ3) is 9.79. The topological polar surface area (TPSA) is 12.0 Å². The Bertz CT molecular complexity index is 140. The first-order chi connectivity index (χ1) is 6.31. The molecule has 0 bridgehead atoms. The van der Waals surface area contributed by atoms with Crippen LogP contribution in [0, 0.1) is 12.3 Å². The Hall–Kier alpha value is -0.130. The van der Waals surface area contributed by atoms with Crippen molar-refractivity contribution in [3.8, 4) is 12.3 Å². The molecule has 0 aromatic rings. The molecule has 0 saturated carbocycles. The van der Waals surface area contributed by atoms with Gasteiger partial charge < -0.3 is 5.32 Å². The van der Waals surface area contributed by atoms with Crippen molar-refractivity contribution in [1.29, 1.82) is 0 Å². The molecule has 1 atom stereocenters. The van der Waals surface area contributed by atoms with Crippen molar-refractivity contribution >= 4 is 11.8 Å². The molecule has 2 heteroatoms. The Morgan fingerprint density at radius 2 is 2.31 bits per heavy atom. The third-order valence-electron chi connectivity index (χ3n) is 1.89. The van der Waals surface area contributed by atoms with Crippen LogP contribution in [0.3, 0.4) is 0 Å². The van der Waals surface area contributed by atoms with E-state index in [1.807, 2.05) is 11.8 Å². The van der Waals surface area contributed by atoms with E-state index in [1.165, 1.54) is 17.9 Å². The van der Waals surface area contributed by atoms with Crippen LogP contribution in [-0.4, -0.2) is 24.1 Å². The molecule has 0 fully saturated rings. The highest BCUT2D eigenvalue weighted by Gasteiger charge is 1.99. The van der Waals surface area contributed by atoms with Crippen molar-refractivity contribution in [3.05, 3.63) is 0 Å². The SMILES string of the molecule is C#CCCCNC(C)CCSCC. The zero-order valence-corrected chi connectivity index (χ0v) is 9.62. The van der Waals surface area contributed by atoms with E-state index in [-0.39, 0.29) is 0 Å². The van der Waals surface area contributed by atoms with Gasteiger partial charge in [-0.3, -0.25) is 0 Å². The second-order valence-electron chi connectivity index (χ2n) is 3.15. The summed E-state index contributed by atoms with van der Waals surface area (Å²) in [6.45, 7) is 5.50. The summed E-state index contributed by atoms with van der Waals surface area (Å²) in [5.41, 5.74) is 0. The van der Waals surface area contributed by atoms with E-state index in [1.54, 1.807) is 0 Å². The predicted octanol–water partition coefficient (Wildman–Crippen LogP) is 2.52. The van der Waals surface area contributed by atoms with Crippen LogP contribution in [0.5, 0.6) is 0 Å². The summed E-state index contributed by atoms with van der Waals surface area (Å²) in [5, 5.41) is 3.47. The van der Waals surface area contributed by atoms with E-state index in [4.69, 9.17) is 6.42 Å². The lowest BCUT2D eigenvalue weighted by Gasteiger charge is -2.12. The van der Waals surface area contributed by atoms with Gasteiger partial charge in [-0.1, -0.05) is 6.92 Å². The Kier molecular flexibility index (Phi) is 9.85. The second-order valence-corrected chi connectivity index (χ2v) is 4.54. The summed E-state index contributed by atoms with van der Waals surface area (Å²) < 4.78 is 0. The molecule has 0 aliphatic carbocycles. The number of rotatable bonds is 8. The summed E-state index contributed by atoms with van der Waals surface area (Å²) in [6.07, 6.45) is 8.41. The summed E-state index contributed by atoms with van der Waals surface area (Å²) in [5.74, 6) is 5.14. The summed E-state index contributed by atoms with van der Waals surface area (Å²) in [4.78, 5) is 0. The van der Waals surface area contributed by atoms with Crippen LogP contribution >= 0.6 is 11.8 Å². The fourth-order valence-corrected chi connectivity index (χ4v) is 1.85. The minimum atomic E-state index is 0.636. The zero-order valence-electron chi connectivity index (χ0n) is 8.81. The quantitative estimate of drug-likeness (QED) is 0.476. The molecule has 0 aliphatic rings. The highest BCUT2D eigenvalue weighted by atomic mass is 32.2. The summed E-state index contributed by atoms with van der Waals surface area (Å²) >= 11 is 2.01. The molecular weight excluding hydrogens is 178 g/mol. The van der Waals surface area contributed by atoms with Crippen molar-refractivity contribution in [3.63, 3.8) is 0 Å². The van der Waals surface area contributed by atoms with Gasteiger partial charge in [0.2, 0.25) is 0 Å². The average Bonchev–Trinajstić information content (AvgIpc) is 2.13. The van der Waals surface area contributed by atoms with Crippen molar-refractivity contribution in [1.82, 2.24) is 5.32 Å². The number of terminal acetylenes is 1. The number of hydrogen-bond acceptors (Lipinski definition) is 2. The van der Waals surface area contributed by atoms with Gasteiger partial charge in [0.05, 0.1) is 0 Å². The molecule has 0 spiro atoms. The van der Waals surface area contributed by atoms with E-state index in [0.29, 0.717) is 6.04 Å². The zero-order chi connectivity index (χ0) is 9.94. The minimum absolute atomic E-state index is 0.636. The maximum absolute atomic E-state index is 5.16.